The summed E-state index contributed by atoms with van der Waals surface area (Å²) in [5, 5.41) is 9.03. The maximum Gasteiger partial charge on any atom is 0.0406 e. The van der Waals surface area contributed by atoms with E-state index in [1.165, 1.54) is 36.8 Å². The van der Waals surface area contributed by atoms with Crippen molar-refractivity contribution in [3.05, 3.63) is 69.7 Å². The minimum atomic E-state index is 0.515. The van der Waals surface area contributed by atoms with Crippen molar-refractivity contribution in [3.63, 3.8) is 0 Å². The Labute approximate surface area is 154 Å². The zero-order chi connectivity index (χ0) is 16.8. The van der Waals surface area contributed by atoms with Crippen LogP contribution in [0.25, 0.3) is 0 Å². The Morgan fingerprint density at radius 2 is 1.04 bits per heavy atom. The monoisotopic (exact) mass is 362 g/mol. The van der Waals surface area contributed by atoms with E-state index in [1.807, 2.05) is 24.3 Å². The van der Waals surface area contributed by atoms with Crippen molar-refractivity contribution in [1.29, 1.82) is 0 Å². The van der Waals surface area contributed by atoms with Crippen molar-refractivity contribution < 1.29 is 0 Å². The molecule has 128 valence electrons. The summed E-state index contributed by atoms with van der Waals surface area (Å²) in [6, 6.07) is 17.2. The highest BCUT2D eigenvalue weighted by Crippen LogP contribution is 2.20. The fourth-order valence-corrected chi connectivity index (χ4v) is 3.57. The number of nitrogens with one attached hydrogen (secondary N) is 2. The molecule has 0 aromatic heterocycles. The fourth-order valence-electron chi connectivity index (χ4n) is 3.32. The predicted octanol–water partition coefficient (Wildman–Crippen LogP) is 5.18. The molecule has 1 aliphatic carbocycles. The van der Waals surface area contributed by atoms with E-state index in [9.17, 15) is 0 Å². The first-order valence-corrected chi connectivity index (χ1v) is 9.42. The highest BCUT2D eigenvalue weighted by atomic mass is 35.5. The maximum absolute atomic E-state index is 5.95. The lowest BCUT2D eigenvalue weighted by Gasteiger charge is -2.33. The van der Waals surface area contributed by atoms with E-state index in [4.69, 9.17) is 23.2 Å². The molecule has 2 nitrogen and oxygen atoms in total. The molecule has 0 unspecified atom stereocenters. The minimum absolute atomic E-state index is 0.515. The summed E-state index contributed by atoms with van der Waals surface area (Å²) in [6.45, 7) is 1.78. The van der Waals surface area contributed by atoms with Crippen molar-refractivity contribution in [2.24, 2.45) is 0 Å². The average molecular weight is 363 g/mol. The number of rotatable bonds is 6. The molecule has 24 heavy (non-hydrogen) atoms. The molecule has 0 bridgehead atoms. The zero-order valence-corrected chi connectivity index (χ0v) is 15.3. The van der Waals surface area contributed by atoms with Gasteiger partial charge >= 0.3 is 0 Å². The van der Waals surface area contributed by atoms with Crippen molar-refractivity contribution in [1.82, 2.24) is 10.6 Å². The second kappa shape index (κ2) is 8.87. The molecular formula is C20H24Cl2N2. The van der Waals surface area contributed by atoms with Gasteiger partial charge in [0.05, 0.1) is 0 Å². The number of hydrogen-bond donors (Lipinski definition) is 2. The summed E-state index contributed by atoms with van der Waals surface area (Å²) in [5.41, 5.74) is 2.56. The first-order chi connectivity index (χ1) is 11.7. The molecule has 1 fully saturated rings. The lowest BCUT2D eigenvalue weighted by Crippen LogP contribution is -2.49. The molecule has 1 saturated carbocycles. The van der Waals surface area contributed by atoms with Crippen LogP contribution in [0.5, 0.6) is 0 Å². The molecule has 2 aromatic rings. The quantitative estimate of drug-likeness (QED) is 0.739. The van der Waals surface area contributed by atoms with Crippen LogP contribution in [0.1, 0.15) is 36.8 Å². The molecule has 2 aromatic carbocycles. The van der Waals surface area contributed by atoms with E-state index in [0.717, 1.165) is 23.1 Å². The highest BCUT2D eigenvalue weighted by molar-refractivity contribution is 6.30. The molecule has 3 rings (SSSR count). The zero-order valence-electron chi connectivity index (χ0n) is 13.8. The summed E-state index contributed by atoms with van der Waals surface area (Å²) < 4.78 is 0. The van der Waals surface area contributed by atoms with Crippen molar-refractivity contribution in [2.75, 3.05) is 0 Å². The van der Waals surface area contributed by atoms with Crippen molar-refractivity contribution in [2.45, 2.75) is 50.9 Å². The molecule has 0 aliphatic heterocycles. The Morgan fingerprint density at radius 3 is 1.42 bits per heavy atom. The maximum atomic E-state index is 5.95. The average Bonchev–Trinajstić information content (AvgIpc) is 2.61. The van der Waals surface area contributed by atoms with Gasteiger partial charge in [0, 0.05) is 35.2 Å². The Balaban J connectivity index is 1.52. The van der Waals surface area contributed by atoms with Gasteiger partial charge in [-0.15, -0.1) is 0 Å². The molecule has 0 saturated heterocycles. The third-order valence-corrected chi connectivity index (χ3v) is 5.23. The van der Waals surface area contributed by atoms with E-state index >= 15 is 0 Å². The van der Waals surface area contributed by atoms with Crippen molar-refractivity contribution in [3.8, 4) is 0 Å². The molecule has 1 aliphatic rings. The Morgan fingerprint density at radius 1 is 0.667 bits per heavy atom. The van der Waals surface area contributed by atoms with Gasteiger partial charge in [-0.2, -0.15) is 0 Å². The van der Waals surface area contributed by atoms with Gasteiger partial charge in [-0.25, -0.2) is 0 Å². The summed E-state index contributed by atoms with van der Waals surface area (Å²) in [5.74, 6) is 0. The van der Waals surface area contributed by atoms with Gasteiger partial charge < -0.3 is 10.6 Å². The van der Waals surface area contributed by atoms with E-state index in [2.05, 4.69) is 34.9 Å². The standard InChI is InChI=1S/C20H24Cl2N2/c21-17-9-5-15(6-10-17)13-23-19-3-1-2-4-20(19)24-14-16-7-11-18(22)12-8-16/h5-12,19-20,23-24H,1-4,13-14H2/t19-,20-/m1/s1. The number of benzene rings is 2. The van der Waals surface area contributed by atoms with Crippen LogP contribution in [-0.4, -0.2) is 12.1 Å². The third kappa shape index (κ3) is 5.22. The van der Waals surface area contributed by atoms with E-state index in [0.29, 0.717) is 12.1 Å². The Hall–Kier alpha value is -1.06. The van der Waals surface area contributed by atoms with Gasteiger partial charge in [0.2, 0.25) is 0 Å². The number of hydrogen-bond acceptors (Lipinski definition) is 2. The second-order valence-electron chi connectivity index (χ2n) is 6.51. The highest BCUT2D eigenvalue weighted by Gasteiger charge is 2.24. The lowest BCUT2D eigenvalue weighted by atomic mass is 9.90. The second-order valence-corrected chi connectivity index (χ2v) is 7.39. The van der Waals surface area contributed by atoms with Crippen LogP contribution < -0.4 is 10.6 Å². The topological polar surface area (TPSA) is 24.1 Å². The Bertz CT molecular complexity index is 568. The molecule has 0 radical (unpaired) electrons. The SMILES string of the molecule is Clc1ccc(CN[C@@H]2CCCC[C@H]2NCc2ccc(Cl)cc2)cc1. The van der Waals surface area contributed by atoms with Crippen LogP contribution in [0, 0.1) is 0 Å². The van der Waals surface area contributed by atoms with Crippen molar-refractivity contribution >= 4 is 23.2 Å². The molecule has 0 heterocycles. The first-order valence-electron chi connectivity index (χ1n) is 8.66. The minimum Gasteiger partial charge on any atom is -0.308 e. The van der Waals surface area contributed by atoms with Gasteiger partial charge in [-0.1, -0.05) is 60.3 Å². The largest absolute Gasteiger partial charge is 0.308 e. The lowest BCUT2D eigenvalue weighted by molar-refractivity contribution is 0.281. The first kappa shape index (κ1) is 17.8. The van der Waals surface area contributed by atoms with Crippen LogP contribution in [0.15, 0.2) is 48.5 Å². The molecule has 4 heteroatoms. The summed E-state index contributed by atoms with van der Waals surface area (Å²) in [7, 11) is 0. The molecule has 0 spiro atoms. The smallest absolute Gasteiger partial charge is 0.0406 e. The molecule has 0 amide bonds. The Kier molecular flexibility index (Phi) is 6.56. The van der Waals surface area contributed by atoms with Gasteiger partial charge in [0.1, 0.15) is 0 Å². The molecular weight excluding hydrogens is 339 g/mol. The summed E-state index contributed by atoms with van der Waals surface area (Å²) >= 11 is 11.9. The van der Waals surface area contributed by atoms with Gasteiger partial charge in [0.15, 0.2) is 0 Å². The molecule has 2 atom stereocenters. The van der Waals surface area contributed by atoms with Crippen LogP contribution in [-0.2, 0) is 13.1 Å². The van der Waals surface area contributed by atoms with Gasteiger partial charge in [-0.05, 0) is 48.2 Å². The van der Waals surface area contributed by atoms with Gasteiger partial charge in [-0.3, -0.25) is 0 Å². The van der Waals surface area contributed by atoms with E-state index < -0.39 is 0 Å². The molecule has 2 N–H and O–H groups in total. The van der Waals surface area contributed by atoms with Gasteiger partial charge in [0.25, 0.3) is 0 Å². The summed E-state index contributed by atoms with van der Waals surface area (Å²) in [4.78, 5) is 0. The summed E-state index contributed by atoms with van der Waals surface area (Å²) in [6.07, 6.45) is 5.06. The van der Waals surface area contributed by atoms with E-state index in [-0.39, 0.29) is 0 Å². The number of halogens is 2. The van der Waals surface area contributed by atoms with Crippen LogP contribution in [0.3, 0.4) is 0 Å². The van der Waals surface area contributed by atoms with Crippen LogP contribution >= 0.6 is 23.2 Å². The third-order valence-electron chi connectivity index (χ3n) is 4.73. The van der Waals surface area contributed by atoms with Crippen LogP contribution in [0.4, 0.5) is 0 Å². The van der Waals surface area contributed by atoms with E-state index in [1.54, 1.807) is 0 Å². The normalized spacial score (nSPS) is 20.9. The fraction of sp³-hybridized carbons (Fsp3) is 0.400. The van der Waals surface area contributed by atoms with Crippen LogP contribution in [0.2, 0.25) is 10.0 Å². The predicted molar refractivity (Wildman–Crippen MR) is 103 cm³/mol.